The molecule has 2 saturated heterocycles. The zero-order valence-corrected chi connectivity index (χ0v) is 23.0. The number of hydrogen-bond acceptors (Lipinski definition) is 6. The minimum absolute atomic E-state index is 0.0101. The molecule has 2 fully saturated rings. The van der Waals surface area contributed by atoms with Crippen LogP contribution < -0.4 is 0 Å². The summed E-state index contributed by atoms with van der Waals surface area (Å²) in [6.07, 6.45) is 4.81. The van der Waals surface area contributed by atoms with Gasteiger partial charge >= 0.3 is 5.97 Å². The molecule has 2 aliphatic rings. The first-order valence-corrected chi connectivity index (χ1v) is 14.5. The summed E-state index contributed by atoms with van der Waals surface area (Å²) in [5, 5.41) is 0.148. The molecule has 2 heterocycles. The lowest BCUT2D eigenvalue weighted by Gasteiger charge is -2.38. The lowest BCUT2D eigenvalue weighted by atomic mass is 9.92. The van der Waals surface area contributed by atoms with Gasteiger partial charge in [-0.2, -0.15) is 0 Å². The van der Waals surface area contributed by atoms with Crippen molar-refractivity contribution in [1.82, 2.24) is 0 Å². The van der Waals surface area contributed by atoms with Gasteiger partial charge < -0.3 is 23.4 Å². The molecule has 0 aromatic carbocycles. The normalized spacial score (nSPS) is 28.9. The molecule has 7 heteroatoms. The molecular weight excluding hydrogens is 424 g/mol. The number of rotatable bonds is 7. The van der Waals surface area contributed by atoms with Gasteiger partial charge in [0.05, 0.1) is 19.3 Å². The Morgan fingerprint density at radius 1 is 1.19 bits per heavy atom. The Morgan fingerprint density at radius 2 is 1.81 bits per heavy atom. The molecule has 0 aromatic rings. The summed E-state index contributed by atoms with van der Waals surface area (Å²) in [4.78, 5) is 12.0. The summed E-state index contributed by atoms with van der Waals surface area (Å²) in [5.41, 5.74) is 0.602. The third-order valence-corrected chi connectivity index (χ3v) is 11.1. The average molecular weight is 469 g/mol. The van der Waals surface area contributed by atoms with E-state index in [4.69, 9.17) is 23.4 Å². The summed E-state index contributed by atoms with van der Waals surface area (Å²) in [6, 6.07) is 0. The lowest BCUT2D eigenvalue weighted by molar-refractivity contribution is -0.147. The fourth-order valence-electron chi connectivity index (χ4n) is 3.72. The minimum Gasteiger partial charge on any atom is -0.490 e. The highest BCUT2D eigenvalue weighted by molar-refractivity contribution is 6.74. The molecular formula is C25H44O6Si. The molecule has 0 N–H and O–H groups in total. The highest BCUT2D eigenvalue weighted by atomic mass is 28.4. The van der Waals surface area contributed by atoms with Crippen LogP contribution in [0.3, 0.4) is 0 Å². The van der Waals surface area contributed by atoms with Crippen molar-refractivity contribution in [1.29, 1.82) is 0 Å². The van der Waals surface area contributed by atoms with Crippen molar-refractivity contribution < 1.29 is 28.2 Å². The van der Waals surface area contributed by atoms with Crippen LogP contribution in [0.15, 0.2) is 23.5 Å². The zero-order valence-electron chi connectivity index (χ0n) is 22.0. The maximum Gasteiger partial charge on any atom is 0.330 e. The molecule has 0 amide bonds. The van der Waals surface area contributed by atoms with Crippen LogP contribution in [0.1, 0.15) is 68.2 Å². The number of methoxy groups -OCH3 is 1. The van der Waals surface area contributed by atoms with Gasteiger partial charge in [-0.05, 0) is 45.0 Å². The van der Waals surface area contributed by atoms with Crippen LogP contribution in [0.25, 0.3) is 0 Å². The van der Waals surface area contributed by atoms with E-state index in [0.717, 1.165) is 11.3 Å². The van der Waals surface area contributed by atoms with Crippen LogP contribution >= 0.6 is 0 Å². The van der Waals surface area contributed by atoms with Gasteiger partial charge in [0.2, 0.25) is 0 Å². The van der Waals surface area contributed by atoms with E-state index in [-0.39, 0.29) is 34.7 Å². The first-order valence-electron chi connectivity index (χ1n) is 11.6. The second kappa shape index (κ2) is 9.61. The molecule has 2 aliphatic heterocycles. The first kappa shape index (κ1) is 27.1. The van der Waals surface area contributed by atoms with E-state index in [1.54, 1.807) is 0 Å². The minimum atomic E-state index is -1.87. The van der Waals surface area contributed by atoms with E-state index in [1.807, 2.05) is 20.8 Å². The molecule has 32 heavy (non-hydrogen) atoms. The second-order valence-electron chi connectivity index (χ2n) is 11.8. The SMILES string of the molecule is COC(=O)/C=C1\C[C@@H](C[C@H]2OC(C)(C)O[C@@H]2C)O\C1=C/C(C)(C)CO[Si](C)(C)C(C)(C)C. The highest BCUT2D eigenvalue weighted by Gasteiger charge is 2.42. The molecule has 0 radical (unpaired) electrons. The van der Waals surface area contributed by atoms with Gasteiger partial charge in [0.25, 0.3) is 0 Å². The molecule has 0 aromatic heterocycles. The van der Waals surface area contributed by atoms with Crippen LogP contribution in [0, 0.1) is 5.41 Å². The maximum absolute atomic E-state index is 12.0. The van der Waals surface area contributed by atoms with Crippen LogP contribution in [0.2, 0.25) is 18.1 Å². The van der Waals surface area contributed by atoms with E-state index < -0.39 is 14.1 Å². The van der Waals surface area contributed by atoms with Crippen molar-refractivity contribution >= 4 is 14.3 Å². The predicted molar refractivity (Wildman–Crippen MR) is 129 cm³/mol. The van der Waals surface area contributed by atoms with Gasteiger partial charge in [0, 0.05) is 36.5 Å². The van der Waals surface area contributed by atoms with Crippen molar-refractivity contribution in [2.24, 2.45) is 5.41 Å². The van der Waals surface area contributed by atoms with Crippen molar-refractivity contribution in [2.45, 2.75) is 110 Å². The standard InChI is InChI=1S/C25H44O6Si/c1-17-20(31-25(7,8)30-17)14-19-12-18(13-22(26)27-9)21(29-19)15-24(5,6)16-28-32(10,11)23(2,3)4/h13,15,17,19-20H,12,14,16H2,1-11H3/b18-13+,21-15-/t17-,19+,20-/m1/s1. The number of esters is 1. The van der Waals surface area contributed by atoms with Crippen LogP contribution in [-0.4, -0.2) is 52.1 Å². The van der Waals surface area contributed by atoms with E-state index in [1.165, 1.54) is 13.2 Å². The number of ether oxygens (including phenoxy) is 4. The Morgan fingerprint density at radius 3 is 2.31 bits per heavy atom. The highest BCUT2D eigenvalue weighted by Crippen LogP contribution is 2.40. The lowest BCUT2D eigenvalue weighted by Crippen LogP contribution is -2.42. The third-order valence-electron chi connectivity index (χ3n) is 6.61. The summed E-state index contributed by atoms with van der Waals surface area (Å²) in [7, 11) is -0.479. The Bertz CT molecular complexity index is 744. The van der Waals surface area contributed by atoms with Crippen molar-refractivity contribution in [3.8, 4) is 0 Å². The topological polar surface area (TPSA) is 63.2 Å². The van der Waals surface area contributed by atoms with Gasteiger partial charge in [0.1, 0.15) is 11.9 Å². The number of hydrogen-bond donors (Lipinski definition) is 0. The van der Waals surface area contributed by atoms with E-state index in [2.05, 4.69) is 53.8 Å². The summed E-state index contributed by atoms with van der Waals surface area (Å²) < 4.78 is 29.6. The Labute approximate surface area is 195 Å². The van der Waals surface area contributed by atoms with Gasteiger partial charge in [-0.3, -0.25) is 0 Å². The molecule has 184 valence electrons. The van der Waals surface area contributed by atoms with Crippen molar-refractivity contribution in [2.75, 3.05) is 13.7 Å². The number of carbonyl (C=O) groups is 1. The molecule has 0 spiro atoms. The molecule has 6 nitrogen and oxygen atoms in total. The summed E-state index contributed by atoms with van der Waals surface area (Å²) in [6.45, 7) is 22.0. The molecule has 0 bridgehead atoms. The predicted octanol–water partition coefficient (Wildman–Crippen LogP) is 5.74. The van der Waals surface area contributed by atoms with Gasteiger partial charge in [-0.1, -0.05) is 34.6 Å². The average Bonchev–Trinajstić information content (AvgIpc) is 3.10. The smallest absolute Gasteiger partial charge is 0.330 e. The molecule has 2 rings (SSSR count). The molecule has 0 unspecified atom stereocenters. The van der Waals surface area contributed by atoms with Crippen LogP contribution in [-0.2, 0) is 28.2 Å². The van der Waals surface area contributed by atoms with E-state index >= 15 is 0 Å². The largest absolute Gasteiger partial charge is 0.490 e. The van der Waals surface area contributed by atoms with Crippen LogP contribution in [0.5, 0.6) is 0 Å². The van der Waals surface area contributed by atoms with Gasteiger partial charge in [-0.15, -0.1) is 0 Å². The number of allylic oxidation sites excluding steroid dienone is 1. The van der Waals surface area contributed by atoms with E-state index in [9.17, 15) is 4.79 Å². The molecule has 0 saturated carbocycles. The Kier molecular flexibility index (Phi) is 8.13. The van der Waals surface area contributed by atoms with Gasteiger partial charge in [0.15, 0.2) is 14.1 Å². The van der Waals surface area contributed by atoms with Crippen molar-refractivity contribution in [3.63, 3.8) is 0 Å². The van der Waals surface area contributed by atoms with Crippen molar-refractivity contribution in [3.05, 3.63) is 23.5 Å². The fraction of sp³-hybridized carbons (Fsp3) is 0.800. The van der Waals surface area contributed by atoms with Gasteiger partial charge in [-0.25, -0.2) is 4.79 Å². The zero-order chi connectivity index (χ0) is 24.5. The van der Waals surface area contributed by atoms with Crippen LogP contribution in [0.4, 0.5) is 0 Å². The van der Waals surface area contributed by atoms with E-state index in [0.29, 0.717) is 19.4 Å². The molecule has 3 atom stereocenters. The third kappa shape index (κ3) is 7.17. The Balaban J connectivity index is 2.18. The Hall–Kier alpha value is -1.15. The second-order valence-corrected chi connectivity index (χ2v) is 16.6. The first-order chi connectivity index (χ1) is 14.4. The summed E-state index contributed by atoms with van der Waals surface area (Å²) in [5.74, 6) is -0.231. The quantitative estimate of drug-likeness (QED) is 0.270. The monoisotopic (exact) mass is 468 g/mol. The number of carbonyl (C=O) groups excluding carboxylic acids is 1. The fourth-order valence-corrected chi connectivity index (χ4v) is 4.89. The summed E-state index contributed by atoms with van der Waals surface area (Å²) >= 11 is 0. The molecule has 0 aliphatic carbocycles. The maximum atomic E-state index is 12.0.